The molecular weight excluding hydrogens is 272 g/mol. The zero-order valence-electron chi connectivity index (χ0n) is 11.2. The number of nitrogens with zero attached hydrogens (tertiary/aromatic N) is 2. The van der Waals surface area contributed by atoms with Crippen LogP contribution in [0.2, 0.25) is 0 Å². The van der Waals surface area contributed by atoms with Gasteiger partial charge in [-0.1, -0.05) is 30.4 Å². The molecule has 2 amide bonds. The fraction of sp³-hybridized carbons (Fsp3) is 0.429. The van der Waals surface area contributed by atoms with Gasteiger partial charge >= 0.3 is 6.03 Å². The quantitative estimate of drug-likeness (QED) is 0.797. The van der Waals surface area contributed by atoms with E-state index in [9.17, 15) is 4.79 Å². The lowest BCUT2D eigenvalue weighted by molar-refractivity contribution is 0.116. The summed E-state index contributed by atoms with van der Waals surface area (Å²) in [5.74, 6) is 0. The summed E-state index contributed by atoms with van der Waals surface area (Å²) >= 11 is 5.01. The van der Waals surface area contributed by atoms with Crippen LogP contribution in [0, 0.1) is 0 Å². The molecule has 1 aromatic rings. The van der Waals surface area contributed by atoms with Gasteiger partial charge < -0.3 is 16.0 Å². The Morgan fingerprint density at radius 3 is 3.10 bits per heavy atom. The molecule has 3 rings (SSSR count). The van der Waals surface area contributed by atoms with Gasteiger partial charge in [-0.05, 0) is 11.6 Å². The minimum atomic E-state index is 0.0742. The highest BCUT2D eigenvalue weighted by atomic mass is 32.1. The number of carbonyl (C=O) groups excluding carboxylic acids is 1. The molecule has 0 spiro atoms. The number of piperazine rings is 1. The molecule has 0 aromatic heterocycles. The lowest BCUT2D eigenvalue weighted by Gasteiger charge is -2.36. The van der Waals surface area contributed by atoms with Crippen LogP contribution in [-0.4, -0.2) is 53.0 Å². The standard InChI is InChI=1S/C14H18N4OS/c15-13(20)11-3-1-2-10(6-11)8-17-4-5-18-12(9-17)7-16-14(18)19/h1-3,6,12H,4-5,7-9H2,(H2,15,20)(H,16,19). The second-order valence-corrected chi connectivity index (χ2v) is 5.77. The molecular formula is C14H18N4OS. The number of thiocarbonyl (C=S) groups is 1. The number of rotatable bonds is 3. The van der Waals surface area contributed by atoms with Crippen LogP contribution >= 0.6 is 12.2 Å². The van der Waals surface area contributed by atoms with Gasteiger partial charge in [-0.25, -0.2) is 4.79 Å². The summed E-state index contributed by atoms with van der Waals surface area (Å²) in [6, 6.07) is 8.43. The maximum absolute atomic E-state index is 11.6. The first-order valence-corrected chi connectivity index (χ1v) is 7.20. The monoisotopic (exact) mass is 290 g/mol. The Morgan fingerprint density at radius 1 is 1.45 bits per heavy atom. The maximum Gasteiger partial charge on any atom is 0.317 e. The van der Waals surface area contributed by atoms with Crippen LogP contribution in [0.15, 0.2) is 24.3 Å². The SMILES string of the molecule is NC(=S)c1cccc(CN2CCN3C(=O)NCC3C2)c1. The average molecular weight is 290 g/mol. The van der Waals surface area contributed by atoms with Gasteiger partial charge in [0.15, 0.2) is 0 Å². The molecule has 6 heteroatoms. The topological polar surface area (TPSA) is 61.6 Å². The summed E-state index contributed by atoms with van der Waals surface area (Å²) < 4.78 is 0. The van der Waals surface area contributed by atoms with Crippen molar-refractivity contribution in [3.05, 3.63) is 35.4 Å². The third-order valence-electron chi connectivity index (χ3n) is 3.93. The van der Waals surface area contributed by atoms with Gasteiger partial charge in [-0.2, -0.15) is 0 Å². The molecule has 5 nitrogen and oxygen atoms in total. The molecule has 0 bridgehead atoms. The average Bonchev–Trinajstić information content (AvgIpc) is 2.80. The Kier molecular flexibility index (Phi) is 3.58. The molecule has 20 heavy (non-hydrogen) atoms. The van der Waals surface area contributed by atoms with Gasteiger partial charge in [-0.3, -0.25) is 4.90 Å². The van der Waals surface area contributed by atoms with Crippen molar-refractivity contribution in [3.63, 3.8) is 0 Å². The largest absolute Gasteiger partial charge is 0.389 e. The number of hydrogen-bond donors (Lipinski definition) is 2. The number of hydrogen-bond acceptors (Lipinski definition) is 3. The lowest BCUT2D eigenvalue weighted by atomic mass is 10.1. The van der Waals surface area contributed by atoms with E-state index in [0.29, 0.717) is 11.0 Å². The van der Waals surface area contributed by atoms with Crippen molar-refractivity contribution < 1.29 is 4.79 Å². The van der Waals surface area contributed by atoms with Crippen LogP contribution in [0.1, 0.15) is 11.1 Å². The summed E-state index contributed by atoms with van der Waals surface area (Å²) in [4.78, 5) is 16.3. The van der Waals surface area contributed by atoms with Crippen LogP contribution in [-0.2, 0) is 6.54 Å². The molecule has 106 valence electrons. The van der Waals surface area contributed by atoms with E-state index in [4.69, 9.17) is 18.0 Å². The van der Waals surface area contributed by atoms with E-state index in [0.717, 1.165) is 38.3 Å². The Labute approximate surface area is 123 Å². The van der Waals surface area contributed by atoms with E-state index in [2.05, 4.69) is 16.3 Å². The van der Waals surface area contributed by atoms with E-state index in [1.165, 1.54) is 5.56 Å². The van der Waals surface area contributed by atoms with Crippen molar-refractivity contribution in [2.75, 3.05) is 26.2 Å². The first kappa shape index (κ1) is 13.3. The van der Waals surface area contributed by atoms with Crippen LogP contribution in [0.5, 0.6) is 0 Å². The molecule has 2 heterocycles. The number of amides is 2. The number of urea groups is 1. The number of nitrogens with two attached hydrogens (primary N) is 1. The van der Waals surface area contributed by atoms with E-state index in [-0.39, 0.29) is 6.03 Å². The highest BCUT2D eigenvalue weighted by molar-refractivity contribution is 7.80. The number of nitrogens with one attached hydrogen (secondary N) is 1. The van der Waals surface area contributed by atoms with Crippen LogP contribution < -0.4 is 11.1 Å². The predicted molar refractivity (Wildman–Crippen MR) is 81.5 cm³/mol. The number of carbonyl (C=O) groups is 1. The van der Waals surface area contributed by atoms with E-state index in [1.807, 2.05) is 23.1 Å². The molecule has 1 atom stereocenters. The van der Waals surface area contributed by atoms with E-state index in [1.54, 1.807) is 0 Å². The third-order valence-corrected chi connectivity index (χ3v) is 4.17. The molecule has 0 saturated carbocycles. The lowest BCUT2D eigenvalue weighted by Crippen LogP contribution is -2.51. The molecule has 0 aliphatic carbocycles. The van der Waals surface area contributed by atoms with Crippen LogP contribution in [0.3, 0.4) is 0 Å². The van der Waals surface area contributed by atoms with Crippen molar-refractivity contribution in [2.24, 2.45) is 5.73 Å². The van der Waals surface area contributed by atoms with Gasteiger partial charge in [0.1, 0.15) is 4.99 Å². The van der Waals surface area contributed by atoms with Crippen molar-refractivity contribution >= 4 is 23.2 Å². The van der Waals surface area contributed by atoms with Crippen LogP contribution in [0.4, 0.5) is 4.79 Å². The molecule has 1 aromatic carbocycles. The fourth-order valence-electron chi connectivity index (χ4n) is 2.89. The van der Waals surface area contributed by atoms with Gasteiger partial charge in [-0.15, -0.1) is 0 Å². The smallest absolute Gasteiger partial charge is 0.317 e. The molecule has 2 aliphatic rings. The van der Waals surface area contributed by atoms with Crippen molar-refractivity contribution in [1.82, 2.24) is 15.1 Å². The molecule has 0 radical (unpaired) electrons. The summed E-state index contributed by atoms with van der Waals surface area (Å²) in [6.07, 6.45) is 0. The highest BCUT2D eigenvalue weighted by Gasteiger charge is 2.35. The molecule has 2 fully saturated rings. The highest BCUT2D eigenvalue weighted by Crippen LogP contribution is 2.17. The zero-order chi connectivity index (χ0) is 14.1. The zero-order valence-corrected chi connectivity index (χ0v) is 12.0. The van der Waals surface area contributed by atoms with Crippen molar-refractivity contribution in [1.29, 1.82) is 0 Å². The first-order chi connectivity index (χ1) is 9.63. The minimum Gasteiger partial charge on any atom is -0.389 e. The van der Waals surface area contributed by atoms with E-state index >= 15 is 0 Å². The number of benzene rings is 1. The normalized spacial score (nSPS) is 22.5. The molecule has 2 aliphatic heterocycles. The Hall–Kier alpha value is -1.66. The molecule has 2 saturated heterocycles. The van der Waals surface area contributed by atoms with Crippen molar-refractivity contribution in [3.8, 4) is 0 Å². The van der Waals surface area contributed by atoms with Gasteiger partial charge in [0.25, 0.3) is 0 Å². The number of fused-ring (bicyclic) bond motifs is 1. The second-order valence-electron chi connectivity index (χ2n) is 5.33. The Morgan fingerprint density at radius 2 is 2.30 bits per heavy atom. The maximum atomic E-state index is 11.6. The third kappa shape index (κ3) is 2.62. The predicted octanol–water partition coefficient (Wildman–Crippen LogP) is 0.530. The van der Waals surface area contributed by atoms with Gasteiger partial charge in [0, 0.05) is 38.3 Å². The van der Waals surface area contributed by atoms with Gasteiger partial charge in [0.05, 0.1) is 6.04 Å². The Bertz CT molecular complexity index is 548. The summed E-state index contributed by atoms with van der Waals surface area (Å²) in [7, 11) is 0. The van der Waals surface area contributed by atoms with Gasteiger partial charge in [0.2, 0.25) is 0 Å². The summed E-state index contributed by atoms with van der Waals surface area (Å²) in [5, 5.41) is 2.90. The summed E-state index contributed by atoms with van der Waals surface area (Å²) in [6.45, 7) is 4.24. The second kappa shape index (κ2) is 5.38. The fourth-order valence-corrected chi connectivity index (χ4v) is 3.02. The van der Waals surface area contributed by atoms with E-state index < -0.39 is 0 Å². The van der Waals surface area contributed by atoms with Crippen LogP contribution in [0.25, 0.3) is 0 Å². The van der Waals surface area contributed by atoms with Crippen molar-refractivity contribution in [2.45, 2.75) is 12.6 Å². The Balaban J connectivity index is 1.65. The minimum absolute atomic E-state index is 0.0742. The summed E-state index contributed by atoms with van der Waals surface area (Å²) in [5.41, 5.74) is 7.79. The molecule has 1 unspecified atom stereocenters. The first-order valence-electron chi connectivity index (χ1n) is 6.79. The molecule has 3 N–H and O–H groups in total.